The molecule has 0 saturated carbocycles. The molecule has 1 aromatic heterocycles. The molecule has 0 radical (unpaired) electrons. The highest BCUT2D eigenvalue weighted by Gasteiger charge is 2.10. The van der Waals surface area contributed by atoms with Gasteiger partial charge in [0.1, 0.15) is 0 Å². The fourth-order valence-corrected chi connectivity index (χ4v) is 1.93. The third-order valence-corrected chi connectivity index (χ3v) is 2.77. The largest absolute Gasteiger partial charge is 0.351 e. The Hall–Kier alpha value is -1.37. The first kappa shape index (κ1) is 11.1. The quantitative estimate of drug-likeness (QED) is 0.863. The number of amides is 1. The molecule has 0 spiro atoms. The molecule has 2 aromatic rings. The fraction of sp³-hybridized carbons (Fsp3) is 0.0909. The lowest BCUT2D eigenvalue weighted by Crippen LogP contribution is -2.11. The maximum absolute atomic E-state index is 11.7. The van der Waals surface area contributed by atoms with Gasteiger partial charge in [-0.25, -0.2) is 0 Å². The fourth-order valence-electron chi connectivity index (χ4n) is 1.28. The Morgan fingerprint density at radius 1 is 1.44 bits per heavy atom. The smallest absolute Gasteiger partial charge is 0.294 e. The highest BCUT2D eigenvalue weighted by Crippen LogP contribution is 2.18. The molecule has 0 atom stereocenters. The Morgan fingerprint density at radius 2 is 2.25 bits per heavy atom. The van der Waals surface area contributed by atoms with E-state index >= 15 is 0 Å². The van der Waals surface area contributed by atoms with Gasteiger partial charge in [0.25, 0.3) is 5.91 Å². The van der Waals surface area contributed by atoms with Crippen molar-refractivity contribution < 1.29 is 9.32 Å². The van der Waals surface area contributed by atoms with Crippen molar-refractivity contribution in [2.75, 3.05) is 5.32 Å². The Bertz CT molecular complexity index is 509. The molecule has 0 aliphatic carbocycles. The van der Waals surface area contributed by atoms with Crippen LogP contribution in [0.5, 0.6) is 0 Å². The molecule has 0 aliphatic rings. The van der Waals surface area contributed by atoms with Gasteiger partial charge in [-0.3, -0.25) is 4.79 Å². The van der Waals surface area contributed by atoms with Crippen molar-refractivity contribution in [3.63, 3.8) is 0 Å². The van der Waals surface area contributed by atoms with Gasteiger partial charge in [-0.2, -0.15) is 0 Å². The van der Waals surface area contributed by atoms with Gasteiger partial charge in [0.15, 0.2) is 0 Å². The van der Waals surface area contributed by atoms with E-state index in [1.807, 2.05) is 25.1 Å². The molecule has 2 rings (SSSR count). The first-order valence-electron chi connectivity index (χ1n) is 4.65. The Kier molecular flexibility index (Phi) is 3.23. The summed E-state index contributed by atoms with van der Waals surface area (Å²) >= 11 is 2.23. The number of anilines is 1. The number of hydrogen-bond donors (Lipinski definition) is 1. The van der Waals surface area contributed by atoms with Gasteiger partial charge >= 0.3 is 0 Å². The topological polar surface area (TPSA) is 55.1 Å². The van der Waals surface area contributed by atoms with Crippen LogP contribution in [0.4, 0.5) is 5.69 Å². The third-order valence-electron chi connectivity index (χ3n) is 2.10. The average Bonchev–Trinajstić information content (AvgIpc) is 2.75. The van der Waals surface area contributed by atoms with Gasteiger partial charge in [-0.1, -0.05) is 5.16 Å². The molecule has 5 heteroatoms. The molecule has 0 saturated heterocycles. The first-order chi connectivity index (χ1) is 7.66. The number of halogens is 1. The molecule has 1 N–H and O–H groups in total. The summed E-state index contributed by atoms with van der Waals surface area (Å²) in [6.45, 7) is 1.94. The molecule has 0 bridgehead atoms. The van der Waals surface area contributed by atoms with Crippen molar-refractivity contribution in [2.45, 2.75) is 6.92 Å². The molecule has 0 fully saturated rings. The summed E-state index contributed by atoms with van der Waals surface area (Å²) in [4.78, 5) is 11.7. The van der Waals surface area contributed by atoms with Crippen LogP contribution in [0.2, 0.25) is 0 Å². The van der Waals surface area contributed by atoms with E-state index in [4.69, 9.17) is 4.52 Å². The van der Waals surface area contributed by atoms with Crippen LogP contribution in [0, 0.1) is 10.5 Å². The van der Waals surface area contributed by atoms with E-state index in [0.717, 1.165) is 14.8 Å². The summed E-state index contributed by atoms with van der Waals surface area (Å²) in [5.74, 6) is -0.0836. The van der Waals surface area contributed by atoms with Gasteiger partial charge in [0.2, 0.25) is 5.76 Å². The average molecular weight is 328 g/mol. The van der Waals surface area contributed by atoms with Crippen molar-refractivity contribution in [3.8, 4) is 0 Å². The molecule has 4 nitrogen and oxygen atoms in total. The highest BCUT2D eigenvalue weighted by molar-refractivity contribution is 14.1. The first-order valence-corrected chi connectivity index (χ1v) is 5.73. The van der Waals surface area contributed by atoms with Crippen molar-refractivity contribution in [1.82, 2.24) is 5.16 Å². The van der Waals surface area contributed by atoms with E-state index in [-0.39, 0.29) is 11.7 Å². The lowest BCUT2D eigenvalue weighted by molar-refractivity contribution is 0.0988. The Balaban J connectivity index is 2.18. The standard InChI is InChI=1S/C11H9IN2O2/c1-7-6-8(12)2-3-9(7)14-11(15)10-4-5-13-16-10/h2-6H,1H3,(H,14,15). The molecular formula is C11H9IN2O2. The lowest BCUT2D eigenvalue weighted by Gasteiger charge is -2.06. The molecule has 1 heterocycles. The predicted octanol–water partition coefficient (Wildman–Crippen LogP) is 2.84. The molecule has 16 heavy (non-hydrogen) atoms. The number of carbonyl (C=O) groups excluding carboxylic acids is 1. The highest BCUT2D eigenvalue weighted by atomic mass is 127. The van der Waals surface area contributed by atoms with E-state index in [9.17, 15) is 4.79 Å². The van der Waals surface area contributed by atoms with E-state index < -0.39 is 0 Å². The number of carbonyl (C=O) groups is 1. The zero-order valence-corrected chi connectivity index (χ0v) is 10.7. The third kappa shape index (κ3) is 2.41. The molecular weight excluding hydrogens is 319 g/mol. The van der Waals surface area contributed by atoms with Crippen LogP contribution in [-0.4, -0.2) is 11.1 Å². The SMILES string of the molecule is Cc1cc(I)ccc1NC(=O)c1ccno1. The minimum atomic E-state index is -0.290. The summed E-state index contributed by atoms with van der Waals surface area (Å²) in [6, 6.07) is 7.32. The second kappa shape index (κ2) is 4.65. The molecule has 1 amide bonds. The van der Waals surface area contributed by atoms with E-state index in [2.05, 4.69) is 33.1 Å². The summed E-state index contributed by atoms with van der Waals surface area (Å²) in [5, 5.41) is 6.25. The summed E-state index contributed by atoms with van der Waals surface area (Å²) < 4.78 is 5.90. The molecule has 0 aliphatic heterocycles. The second-order valence-electron chi connectivity index (χ2n) is 3.29. The lowest BCUT2D eigenvalue weighted by atomic mass is 10.2. The predicted molar refractivity (Wildman–Crippen MR) is 68.4 cm³/mol. The van der Waals surface area contributed by atoms with Crippen LogP contribution in [0.1, 0.15) is 16.1 Å². The maximum atomic E-state index is 11.7. The zero-order chi connectivity index (χ0) is 11.5. The maximum Gasteiger partial charge on any atom is 0.294 e. The number of hydrogen-bond acceptors (Lipinski definition) is 3. The molecule has 82 valence electrons. The Morgan fingerprint density at radius 3 is 2.88 bits per heavy atom. The number of nitrogens with one attached hydrogen (secondary N) is 1. The van der Waals surface area contributed by atoms with Crippen LogP contribution < -0.4 is 5.32 Å². The molecule has 1 aromatic carbocycles. The van der Waals surface area contributed by atoms with Crippen molar-refractivity contribution in [2.24, 2.45) is 0 Å². The van der Waals surface area contributed by atoms with Crippen LogP contribution in [-0.2, 0) is 0 Å². The van der Waals surface area contributed by atoms with Crippen molar-refractivity contribution in [1.29, 1.82) is 0 Å². The number of aromatic nitrogens is 1. The summed E-state index contributed by atoms with van der Waals surface area (Å²) in [7, 11) is 0. The number of nitrogens with zero attached hydrogens (tertiary/aromatic N) is 1. The van der Waals surface area contributed by atoms with Gasteiger partial charge < -0.3 is 9.84 Å². The van der Waals surface area contributed by atoms with Gasteiger partial charge in [0.05, 0.1) is 6.20 Å². The van der Waals surface area contributed by atoms with Crippen LogP contribution >= 0.6 is 22.6 Å². The summed E-state index contributed by atoms with van der Waals surface area (Å²) in [5.41, 5.74) is 1.79. The monoisotopic (exact) mass is 328 g/mol. The van der Waals surface area contributed by atoms with Crippen LogP contribution in [0.15, 0.2) is 35.0 Å². The second-order valence-corrected chi connectivity index (χ2v) is 4.54. The van der Waals surface area contributed by atoms with E-state index in [1.54, 1.807) is 0 Å². The van der Waals surface area contributed by atoms with E-state index in [0.29, 0.717) is 0 Å². The normalized spacial score (nSPS) is 10.1. The van der Waals surface area contributed by atoms with Gasteiger partial charge in [0, 0.05) is 15.3 Å². The minimum absolute atomic E-state index is 0.206. The molecule has 0 unspecified atom stereocenters. The van der Waals surface area contributed by atoms with Crippen molar-refractivity contribution in [3.05, 3.63) is 45.4 Å². The van der Waals surface area contributed by atoms with E-state index in [1.165, 1.54) is 12.3 Å². The zero-order valence-electron chi connectivity index (χ0n) is 8.53. The minimum Gasteiger partial charge on any atom is -0.351 e. The number of rotatable bonds is 2. The van der Waals surface area contributed by atoms with Crippen LogP contribution in [0.25, 0.3) is 0 Å². The van der Waals surface area contributed by atoms with Gasteiger partial charge in [-0.05, 0) is 53.3 Å². The van der Waals surface area contributed by atoms with Crippen LogP contribution in [0.3, 0.4) is 0 Å². The van der Waals surface area contributed by atoms with Gasteiger partial charge in [-0.15, -0.1) is 0 Å². The number of aryl methyl sites for hydroxylation is 1. The summed E-state index contributed by atoms with van der Waals surface area (Å²) in [6.07, 6.45) is 1.44. The Labute approximate surface area is 106 Å². The number of benzene rings is 1. The van der Waals surface area contributed by atoms with Crippen molar-refractivity contribution >= 4 is 34.2 Å².